The highest BCUT2D eigenvalue weighted by Gasteiger charge is 2.18. The van der Waals surface area contributed by atoms with Crippen LogP contribution in [0, 0.1) is 5.82 Å². The summed E-state index contributed by atoms with van der Waals surface area (Å²) in [5, 5.41) is 10.8. The summed E-state index contributed by atoms with van der Waals surface area (Å²) in [7, 11) is 1.50. The molecule has 2 N–H and O–H groups in total. The molecule has 0 atom stereocenters. The van der Waals surface area contributed by atoms with Crippen LogP contribution in [0.2, 0.25) is 0 Å². The smallest absolute Gasteiger partial charge is 0.166 e. The summed E-state index contributed by atoms with van der Waals surface area (Å²) in [6.07, 6.45) is 1.62. The summed E-state index contributed by atoms with van der Waals surface area (Å²) < 4.78 is 19.8. The van der Waals surface area contributed by atoms with Crippen molar-refractivity contribution < 1.29 is 9.13 Å². The van der Waals surface area contributed by atoms with Gasteiger partial charge in [-0.2, -0.15) is 5.10 Å². The summed E-state index contributed by atoms with van der Waals surface area (Å²) >= 11 is 0. The SMILES string of the molecule is COc1cccc(F)c1-c1ncc2[nH]nc(-c3ccc(CN4CCNCC4)cc3)c2n1. The van der Waals surface area contributed by atoms with Gasteiger partial charge in [-0.15, -0.1) is 0 Å². The van der Waals surface area contributed by atoms with Crippen molar-refractivity contribution in [1.29, 1.82) is 0 Å². The molecule has 3 heterocycles. The standard InChI is InChI=1S/C23H23FN6O/c1-31-19-4-2-3-17(24)20(19)23-26-13-18-22(27-23)21(29-28-18)16-7-5-15(6-8-16)14-30-11-9-25-10-12-30/h2-8,13,25H,9-12,14H2,1H3,(H,28,29). The summed E-state index contributed by atoms with van der Waals surface area (Å²) in [6, 6.07) is 13.0. The number of hydrogen-bond donors (Lipinski definition) is 2. The highest BCUT2D eigenvalue weighted by Crippen LogP contribution is 2.32. The Morgan fingerprint density at radius 1 is 1.10 bits per heavy atom. The van der Waals surface area contributed by atoms with Gasteiger partial charge in [0.1, 0.15) is 28.3 Å². The zero-order valence-electron chi connectivity index (χ0n) is 17.2. The van der Waals surface area contributed by atoms with Crippen LogP contribution in [0.15, 0.2) is 48.7 Å². The van der Waals surface area contributed by atoms with E-state index in [0.717, 1.165) is 38.3 Å². The number of methoxy groups -OCH3 is 1. The van der Waals surface area contributed by atoms with Crippen molar-refractivity contribution in [2.45, 2.75) is 6.54 Å². The number of benzene rings is 2. The average Bonchev–Trinajstić information content (AvgIpc) is 3.23. The van der Waals surface area contributed by atoms with Crippen LogP contribution >= 0.6 is 0 Å². The molecule has 2 aromatic heterocycles. The zero-order chi connectivity index (χ0) is 21.2. The molecule has 0 bridgehead atoms. The van der Waals surface area contributed by atoms with E-state index in [4.69, 9.17) is 4.74 Å². The maximum absolute atomic E-state index is 14.5. The number of fused-ring (bicyclic) bond motifs is 1. The summed E-state index contributed by atoms with van der Waals surface area (Å²) in [5.74, 6) is 0.225. The third-order valence-electron chi connectivity index (χ3n) is 5.56. The molecule has 7 nitrogen and oxygen atoms in total. The topological polar surface area (TPSA) is 79.0 Å². The molecule has 158 valence electrons. The first-order valence-electron chi connectivity index (χ1n) is 10.3. The molecule has 0 radical (unpaired) electrons. The number of nitrogens with zero attached hydrogens (tertiary/aromatic N) is 4. The Morgan fingerprint density at radius 2 is 1.90 bits per heavy atom. The first-order chi connectivity index (χ1) is 15.2. The average molecular weight is 418 g/mol. The number of H-pyrrole nitrogens is 1. The van der Waals surface area contributed by atoms with Gasteiger partial charge in [-0.05, 0) is 17.7 Å². The van der Waals surface area contributed by atoms with Gasteiger partial charge in [-0.1, -0.05) is 30.3 Å². The fraction of sp³-hybridized carbons (Fsp3) is 0.261. The van der Waals surface area contributed by atoms with Crippen LogP contribution < -0.4 is 10.1 Å². The van der Waals surface area contributed by atoms with Gasteiger partial charge in [0.15, 0.2) is 5.82 Å². The number of piperazine rings is 1. The molecule has 0 saturated carbocycles. The van der Waals surface area contributed by atoms with Gasteiger partial charge in [0.2, 0.25) is 0 Å². The summed E-state index contributed by atoms with van der Waals surface area (Å²) in [6.45, 7) is 5.12. The predicted octanol–water partition coefficient (Wildman–Crippen LogP) is 3.24. The lowest BCUT2D eigenvalue weighted by Gasteiger charge is -2.27. The van der Waals surface area contributed by atoms with Gasteiger partial charge in [-0.3, -0.25) is 10.00 Å². The quantitative estimate of drug-likeness (QED) is 0.518. The Kier molecular flexibility index (Phi) is 5.31. The van der Waals surface area contributed by atoms with Crippen molar-refractivity contribution in [3.63, 3.8) is 0 Å². The lowest BCUT2D eigenvalue weighted by Crippen LogP contribution is -2.42. The van der Waals surface area contributed by atoms with E-state index in [1.54, 1.807) is 18.3 Å². The Labute approximate surface area is 179 Å². The van der Waals surface area contributed by atoms with Crippen LogP contribution in [0.25, 0.3) is 33.7 Å². The minimum absolute atomic E-state index is 0.241. The Bertz CT molecular complexity index is 1200. The van der Waals surface area contributed by atoms with Crippen LogP contribution in [-0.4, -0.2) is 58.4 Å². The fourth-order valence-electron chi connectivity index (χ4n) is 3.92. The lowest BCUT2D eigenvalue weighted by atomic mass is 10.1. The van der Waals surface area contributed by atoms with Crippen molar-refractivity contribution in [1.82, 2.24) is 30.4 Å². The molecule has 4 aromatic rings. The van der Waals surface area contributed by atoms with E-state index in [1.165, 1.54) is 18.7 Å². The second-order valence-corrected chi connectivity index (χ2v) is 7.57. The number of rotatable bonds is 5. The van der Waals surface area contributed by atoms with Crippen LogP contribution in [0.3, 0.4) is 0 Å². The Morgan fingerprint density at radius 3 is 2.68 bits per heavy atom. The van der Waals surface area contributed by atoms with Crippen molar-refractivity contribution in [2.24, 2.45) is 0 Å². The number of aromatic nitrogens is 4. The molecule has 0 spiro atoms. The molecule has 0 unspecified atom stereocenters. The molecule has 0 aliphatic carbocycles. The first kappa shape index (κ1) is 19.6. The summed E-state index contributed by atoms with van der Waals surface area (Å²) in [5.41, 5.74) is 4.49. The molecule has 1 aliphatic rings. The second-order valence-electron chi connectivity index (χ2n) is 7.57. The molecule has 0 amide bonds. The molecule has 8 heteroatoms. The Balaban J connectivity index is 1.48. The van der Waals surface area contributed by atoms with Crippen LogP contribution in [0.5, 0.6) is 5.75 Å². The number of aromatic amines is 1. The third kappa shape index (κ3) is 3.87. The van der Waals surface area contributed by atoms with Crippen molar-refractivity contribution in [2.75, 3.05) is 33.3 Å². The van der Waals surface area contributed by atoms with Crippen LogP contribution in [0.1, 0.15) is 5.56 Å². The minimum Gasteiger partial charge on any atom is -0.496 e. The maximum Gasteiger partial charge on any atom is 0.166 e. The minimum atomic E-state index is -0.430. The van der Waals surface area contributed by atoms with Gasteiger partial charge in [0.25, 0.3) is 0 Å². The molecule has 2 aromatic carbocycles. The van der Waals surface area contributed by atoms with Gasteiger partial charge >= 0.3 is 0 Å². The lowest BCUT2D eigenvalue weighted by molar-refractivity contribution is 0.233. The highest BCUT2D eigenvalue weighted by atomic mass is 19.1. The molecular weight excluding hydrogens is 395 g/mol. The van der Waals surface area contributed by atoms with E-state index in [0.29, 0.717) is 22.5 Å². The second kappa shape index (κ2) is 8.41. The van der Waals surface area contributed by atoms with E-state index >= 15 is 0 Å². The fourth-order valence-corrected chi connectivity index (χ4v) is 3.92. The molecule has 1 saturated heterocycles. The molecule has 1 fully saturated rings. The third-order valence-corrected chi connectivity index (χ3v) is 5.56. The zero-order valence-corrected chi connectivity index (χ0v) is 17.2. The number of halogens is 1. The van der Waals surface area contributed by atoms with Gasteiger partial charge in [0, 0.05) is 38.3 Å². The van der Waals surface area contributed by atoms with Crippen molar-refractivity contribution >= 4 is 11.0 Å². The molecular formula is C23H23FN6O. The molecule has 5 rings (SSSR count). The number of nitrogens with one attached hydrogen (secondary N) is 2. The van der Waals surface area contributed by atoms with Gasteiger partial charge < -0.3 is 10.1 Å². The van der Waals surface area contributed by atoms with Gasteiger partial charge in [0.05, 0.1) is 18.9 Å². The Hall–Kier alpha value is -3.36. The van der Waals surface area contributed by atoms with Crippen LogP contribution in [-0.2, 0) is 6.54 Å². The number of hydrogen-bond acceptors (Lipinski definition) is 6. The predicted molar refractivity (Wildman–Crippen MR) is 117 cm³/mol. The highest BCUT2D eigenvalue weighted by molar-refractivity contribution is 5.90. The van der Waals surface area contributed by atoms with Gasteiger partial charge in [-0.25, -0.2) is 14.4 Å². The molecule has 1 aliphatic heterocycles. The number of ether oxygens (including phenoxy) is 1. The van der Waals surface area contributed by atoms with E-state index < -0.39 is 5.82 Å². The molecule has 31 heavy (non-hydrogen) atoms. The normalized spacial score (nSPS) is 14.8. The summed E-state index contributed by atoms with van der Waals surface area (Å²) in [4.78, 5) is 11.4. The van der Waals surface area contributed by atoms with Crippen LogP contribution in [0.4, 0.5) is 4.39 Å². The van der Waals surface area contributed by atoms with E-state index in [9.17, 15) is 4.39 Å². The largest absolute Gasteiger partial charge is 0.496 e. The van der Waals surface area contributed by atoms with E-state index in [2.05, 4.69) is 54.6 Å². The first-order valence-corrected chi connectivity index (χ1v) is 10.3. The van der Waals surface area contributed by atoms with Crippen molar-refractivity contribution in [3.05, 3.63) is 60.0 Å². The van der Waals surface area contributed by atoms with Crippen molar-refractivity contribution in [3.8, 4) is 28.4 Å². The van der Waals surface area contributed by atoms with E-state index in [1.807, 2.05) is 0 Å². The maximum atomic E-state index is 14.5. The van der Waals surface area contributed by atoms with E-state index in [-0.39, 0.29) is 11.4 Å². The monoisotopic (exact) mass is 418 g/mol.